The number of benzene rings is 1. The first-order valence-electron chi connectivity index (χ1n) is 10.4. The fourth-order valence-corrected chi connectivity index (χ4v) is 4.25. The number of hydrogen-bond donors (Lipinski definition) is 2. The van der Waals surface area contributed by atoms with Gasteiger partial charge in [-0.15, -0.1) is 0 Å². The van der Waals surface area contributed by atoms with Gasteiger partial charge in [0.2, 0.25) is 5.91 Å². The molecule has 1 amide bonds. The zero-order chi connectivity index (χ0) is 21.1. The lowest BCUT2D eigenvalue weighted by molar-refractivity contribution is -0.156. The minimum absolute atomic E-state index is 0.0158. The minimum atomic E-state index is -0.975. The number of nitrogens with one attached hydrogen (secondary N) is 1. The normalized spacial score (nSPS) is 18.6. The number of imidazole rings is 1. The molecule has 2 N–H and O–H groups in total. The fourth-order valence-electron chi connectivity index (χ4n) is 4.25. The molecule has 1 aromatic carbocycles. The lowest BCUT2D eigenvalue weighted by atomic mass is 9.79. The van der Waals surface area contributed by atoms with Crippen molar-refractivity contribution in [1.82, 2.24) is 19.8 Å². The van der Waals surface area contributed by atoms with Crippen LogP contribution >= 0.6 is 0 Å². The van der Waals surface area contributed by atoms with E-state index in [-0.39, 0.29) is 18.9 Å². The van der Waals surface area contributed by atoms with Crippen LogP contribution in [0.1, 0.15) is 29.7 Å². The number of H-pyrrole nitrogens is 1. The van der Waals surface area contributed by atoms with Gasteiger partial charge in [0.25, 0.3) is 0 Å². The number of hydrogen-bond acceptors (Lipinski definition) is 5. The highest BCUT2D eigenvalue weighted by molar-refractivity contribution is 5.79. The van der Waals surface area contributed by atoms with E-state index >= 15 is 0 Å². The van der Waals surface area contributed by atoms with Crippen molar-refractivity contribution in [3.63, 3.8) is 0 Å². The van der Waals surface area contributed by atoms with Gasteiger partial charge in [0.05, 0.1) is 12.7 Å². The van der Waals surface area contributed by atoms with Crippen LogP contribution in [0, 0.1) is 5.41 Å². The second-order valence-electron chi connectivity index (χ2n) is 8.43. The number of fused-ring (bicyclic) bond motifs is 1. The zero-order valence-electron chi connectivity index (χ0n) is 17.3. The molecule has 1 saturated heterocycles. The van der Waals surface area contributed by atoms with Crippen LogP contribution in [0.3, 0.4) is 0 Å². The number of nitrogens with zero attached hydrogens (tertiary/aromatic N) is 3. The first-order chi connectivity index (χ1) is 14.4. The minimum Gasteiger partial charge on any atom is -0.492 e. The molecule has 2 aromatic rings. The number of aromatic amines is 1. The summed E-state index contributed by atoms with van der Waals surface area (Å²) in [5.74, 6) is -0.166. The SMILES string of the molecule is CN1CCc2ccc(OCC3(C(=O)O)CCN(C(=O)Cc4cnc[nH]4)CC3)cc2C1. The summed E-state index contributed by atoms with van der Waals surface area (Å²) in [6.07, 6.45) is 5.21. The quantitative estimate of drug-likeness (QED) is 0.750. The van der Waals surface area contributed by atoms with Gasteiger partial charge in [0.15, 0.2) is 0 Å². The largest absolute Gasteiger partial charge is 0.492 e. The van der Waals surface area contributed by atoms with Crippen LogP contribution in [0.4, 0.5) is 0 Å². The van der Waals surface area contributed by atoms with E-state index in [4.69, 9.17) is 4.74 Å². The highest BCUT2D eigenvalue weighted by Gasteiger charge is 2.43. The fraction of sp³-hybridized carbons (Fsp3) is 0.500. The molecule has 0 unspecified atom stereocenters. The Bertz CT molecular complexity index is 904. The highest BCUT2D eigenvalue weighted by atomic mass is 16.5. The number of aliphatic carboxylic acids is 1. The van der Waals surface area contributed by atoms with Crippen molar-refractivity contribution < 1.29 is 19.4 Å². The van der Waals surface area contributed by atoms with E-state index in [0.29, 0.717) is 31.7 Å². The Labute approximate surface area is 175 Å². The number of likely N-dealkylation sites (tertiary alicyclic amines) is 1. The summed E-state index contributed by atoms with van der Waals surface area (Å²) in [5, 5.41) is 9.92. The number of amides is 1. The van der Waals surface area contributed by atoms with E-state index in [1.807, 2.05) is 12.1 Å². The van der Waals surface area contributed by atoms with Crippen molar-refractivity contribution in [1.29, 1.82) is 0 Å². The number of likely N-dealkylation sites (N-methyl/N-ethyl adjacent to an activating group) is 1. The van der Waals surface area contributed by atoms with Crippen molar-refractivity contribution in [2.75, 3.05) is 33.3 Å². The summed E-state index contributed by atoms with van der Waals surface area (Å²) in [4.78, 5) is 35.4. The lowest BCUT2D eigenvalue weighted by Crippen LogP contribution is -2.49. The molecule has 3 heterocycles. The molecule has 0 saturated carbocycles. The maximum absolute atomic E-state index is 12.5. The Kier molecular flexibility index (Phi) is 5.76. The third kappa shape index (κ3) is 4.33. The molecular formula is C22H28N4O4. The molecule has 30 heavy (non-hydrogen) atoms. The summed E-state index contributed by atoms with van der Waals surface area (Å²) in [6.45, 7) is 2.86. The van der Waals surface area contributed by atoms with Gasteiger partial charge in [-0.2, -0.15) is 0 Å². The second-order valence-corrected chi connectivity index (χ2v) is 8.43. The van der Waals surface area contributed by atoms with Crippen LogP contribution in [-0.2, 0) is 29.0 Å². The topological polar surface area (TPSA) is 98.8 Å². The molecule has 0 atom stereocenters. The van der Waals surface area contributed by atoms with Gasteiger partial charge >= 0.3 is 5.97 Å². The average Bonchev–Trinajstić information content (AvgIpc) is 3.25. The predicted octanol–water partition coefficient (Wildman–Crippen LogP) is 1.71. The van der Waals surface area contributed by atoms with Crippen molar-refractivity contribution in [3.05, 3.63) is 47.5 Å². The van der Waals surface area contributed by atoms with E-state index < -0.39 is 11.4 Å². The maximum Gasteiger partial charge on any atom is 0.313 e. The van der Waals surface area contributed by atoms with Crippen molar-refractivity contribution in [2.45, 2.75) is 32.2 Å². The van der Waals surface area contributed by atoms with Gasteiger partial charge in [0.1, 0.15) is 17.8 Å². The molecular weight excluding hydrogens is 384 g/mol. The standard InChI is InChI=1S/C22H28N4O4/c1-25-7-4-16-2-3-19(10-17(16)13-25)30-14-22(21(28)29)5-8-26(9-6-22)20(27)11-18-12-23-15-24-18/h2-3,10,12,15H,4-9,11,13-14H2,1H3,(H,23,24)(H,28,29). The van der Waals surface area contributed by atoms with E-state index in [0.717, 1.165) is 25.2 Å². The average molecular weight is 412 g/mol. The van der Waals surface area contributed by atoms with E-state index in [9.17, 15) is 14.7 Å². The van der Waals surface area contributed by atoms with Gasteiger partial charge in [0, 0.05) is 38.1 Å². The van der Waals surface area contributed by atoms with Gasteiger partial charge < -0.3 is 24.6 Å². The van der Waals surface area contributed by atoms with Crippen LogP contribution in [0.15, 0.2) is 30.7 Å². The Hall–Kier alpha value is -2.87. The Morgan fingerprint density at radius 1 is 1.23 bits per heavy atom. The summed E-state index contributed by atoms with van der Waals surface area (Å²) < 4.78 is 5.98. The zero-order valence-corrected chi connectivity index (χ0v) is 17.3. The smallest absolute Gasteiger partial charge is 0.313 e. The summed E-state index contributed by atoms with van der Waals surface area (Å²) in [7, 11) is 2.09. The summed E-state index contributed by atoms with van der Waals surface area (Å²) in [5.41, 5.74) is 2.36. The lowest BCUT2D eigenvalue weighted by Gasteiger charge is -2.38. The number of carboxylic acid groups (broad SMARTS) is 1. The number of piperidine rings is 1. The van der Waals surface area contributed by atoms with Crippen molar-refractivity contribution >= 4 is 11.9 Å². The molecule has 8 nitrogen and oxygen atoms in total. The third-order valence-electron chi connectivity index (χ3n) is 6.32. The summed E-state index contributed by atoms with van der Waals surface area (Å²) >= 11 is 0. The molecule has 0 spiro atoms. The molecule has 2 aliphatic heterocycles. The molecule has 0 radical (unpaired) electrons. The van der Waals surface area contributed by atoms with E-state index in [1.165, 1.54) is 11.1 Å². The van der Waals surface area contributed by atoms with Gasteiger partial charge in [-0.1, -0.05) is 6.07 Å². The number of carbonyl (C=O) groups excluding carboxylic acids is 1. The van der Waals surface area contributed by atoms with Crippen molar-refractivity contribution in [2.24, 2.45) is 5.41 Å². The maximum atomic E-state index is 12.5. The number of rotatable bonds is 6. The number of aromatic nitrogens is 2. The first kappa shape index (κ1) is 20.4. The van der Waals surface area contributed by atoms with Crippen LogP contribution in [0.5, 0.6) is 5.75 Å². The third-order valence-corrected chi connectivity index (χ3v) is 6.32. The molecule has 1 aromatic heterocycles. The van der Waals surface area contributed by atoms with Crippen LogP contribution in [0.25, 0.3) is 0 Å². The molecule has 0 aliphatic carbocycles. The van der Waals surface area contributed by atoms with E-state index in [2.05, 4.69) is 28.0 Å². The van der Waals surface area contributed by atoms with Crippen LogP contribution < -0.4 is 4.74 Å². The predicted molar refractivity (Wildman–Crippen MR) is 110 cm³/mol. The molecule has 2 aliphatic rings. The summed E-state index contributed by atoms with van der Waals surface area (Å²) in [6, 6.07) is 6.05. The highest BCUT2D eigenvalue weighted by Crippen LogP contribution is 2.34. The van der Waals surface area contributed by atoms with Gasteiger partial charge in [-0.25, -0.2) is 4.98 Å². The molecule has 8 heteroatoms. The number of carboxylic acids is 1. The van der Waals surface area contributed by atoms with Crippen molar-refractivity contribution in [3.8, 4) is 5.75 Å². The Morgan fingerprint density at radius 2 is 2.03 bits per heavy atom. The van der Waals surface area contributed by atoms with Gasteiger partial charge in [-0.05, 0) is 49.6 Å². The number of carbonyl (C=O) groups is 2. The monoisotopic (exact) mass is 412 g/mol. The van der Waals surface area contributed by atoms with Gasteiger partial charge in [-0.3, -0.25) is 9.59 Å². The molecule has 0 bridgehead atoms. The molecule has 160 valence electrons. The van der Waals surface area contributed by atoms with Crippen LogP contribution in [-0.4, -0.2) is 70.0 Å². The van der Waals surface area contributed by atoms with E-state index in [1.54, 1.807) is 17.4 Å². The first-order valence-corrected chi connectivity index (χ1v) is 10.4. The Balaban J connectivity index is 1.37. The Morgan fingerprint density at radius 3 is 2.73 bits per heavy atom. The van der Waals surface area contributed by atoms with Crippen LogP contribution in [0.2, 0.25) is 0 Å². The molecule has 4 rings (SSSR count). The molecule has 1 fully saturated rings. The second kappa shape index (κ2) is 8.47. The number of ether oxygens (including phenoxy) is 1.